The molecule has 2 aromatic rings. The Morgan fingerprint density at radius 2 is 1.93 bits per heavy atom. The van der Waals surface area contributed by atoms with Gasteiger partial charge in [0.25, 0.3) is 5.91 Å². The fraction of sp³-hybridized carbons (Fsp3) is 0.250. The van der Waals surface area contributed by atoms with Gasteiger partial charge in [-0.1, -0.05) is 26.0 Å². The van der Waals surface area contributed by atoms with E-state index in [2.05, 4.69) is 41.8 Å². The van der Waals surface area contributed by atoms with Gasteiger partial charge < -0.3 is 20.5 Å². The van der Waals surface area contributed by atoms with Crippen LogP contribution in [-0.4, -0.2) is 31.0 Å². The Bertz CT molecular complexity index is 851. The summed E-state index contributed by atoms with van der Waals surface area (Å²) in [4.78, 5) is 10.8. The van der Waals surface area contributed by atoms with Crippen LogP contribution in [0.4, 0.5) is 5.69 Å². The second kappa shape index (κ2) is 10.3. The van der Waals surface area contributed by atoms with E-state index in [1.807, 2.05) is 12.1 Å². The number of thiocarbonyl (C=S) groups is 1. The quantitative estimate of drug-likeness (QED) is 0.358. The van der Waals surface area contributed by atoms with Crippen LogP contribution in [0.25, 0.3) is 0 Å². The molecule has 8 heteroatoms. The number of benzene rings is 2. The van der Waals surface area contributed by atoms with Gasteiger partial charge in [0.05, 0.1) is 13.3 Å². The van der Waals surface area contributed by atoms with Gasteiger partial charge in [0, 0.05) is 5.69 Å². The molecular formula is C20H24N4O3S. The van der Waals surface area contributed by atoms with Gasteiger partial charge in [0.15, 0.2) is 23.2 Å². The lowest BCUT2D eigenvalue weighted by molar-refractivity contribution is -0.119. The molecule has 0 aliphatic rings. The summed E-state index contributed by atoms with van der Waals surface area (Å²) in [5, 5.41) is 7.56. The van der Waals surface area contributed by atoms with Crippen LogP contribution in [0.15, 0.2) is 47.6 Å². The van der Waals surface area contributed by atoms with Crippen LogP contribution in [0.1, 0.15) is 30.9 Å². The summed E-state index contributed by atoms with van der Waals surface area (Å²) in [5.41, 5.74) is 10.8. The number of nitrogens with zero attached hydrogens (tertiary/aromatic N) is 1. The minimum atomic E-state index is -0.559. The predicted octanol–water partition coefficient (Wildman–Crippen LogP) is 3.00. The minimum Gasteiger partial charge on any atom is -0.493 e. The number of ether oxygens (including phenoxy) is 2. The molecule has 0 atom stereocenters. The lowest BCUT2D eigenvalue weighted by Crippen LogP contribution is -2.23. The number of hydrogen-bond acceptors (Lipinski definition) is 5. The van der Waals surface area contributed by atoms with Gasteiger partial charge in [-0.25, -0.2) is 0 Å². The third-order valence-corrected chi connectivity index (χ3v) is 3.97. The molecule has 0 fully saturated rings. The van der Waals surface area contributed by atoms with Gasteiger partial charge in [-0.3, -0.25) is 10.2 Å². The van der Waals surface area contributed by atoms with Gasteiger partial charge in [-0.05, 0) is 59.6 Å². The summed E-state index contributed by atoms with van der Waals surface area (Å²) in [6, 6.07) is 13.2. The molecular weight excluding hydrogens is 376 g/mol. The van der Waals surface area contributed by atoms with Crippen molar-refractivity contribution in [2.75, 3.05) is 19.0 Å². The fourth-order valence-electron chi connectivity index (χ4n) is 2.31. The summed E-state index contributed by atoms with van der Waals surface area (Å²) in [6.45, 7) is 4.08. The Balaban J connectivity index is 1.92. The number of carbonyl (C=O) groups excluding carboxylic acids is 1. The van der Waals surface area contributed by atoms with E-state index >= 15 is 0 Å². The van der Waals surface area contributed by atoms with Crippen molar-refractivity contribution >= 4 is 35.1 Å². The highest BCUT2D eigenvalue weighted by molar-refractivity contribution is 7.80. The molecule has 0 radical (unpaired) electrons. The van der Waals surface area contributed by atoms with Crippen molar-refractivity contribution in [2.45, 2.75) is 19.8 Å². The van der Waals surface area contributed by atoms with Crippen LogP contribution in [0.2, 0.25) is 0 Å². The number of amides is 1. The molecule has 0 aliphatic heterocycles. The highest BCUT2D eigenvalue weighted by Gasteiger charge is 2.06. The number of nitrogens with two attached hydrogens (primary N) is 1. The van der Waals surface area contributed by atoms with E-state index in [1.165, 1.54) is 12.7 Å². The zero-order chi connectivity index (χ0) is 20.5. The number of hydrazone groups is 1. The van der Waals surface area contributed by atoms with Crippen molar-refractivity contribution < 1.29 is 14.3 Å². The predicted molar refractivity (Wildman–Crippen MR) is 115 cm³/mol. The molecule has 2 aromatic carbocycles. The monoisotopic (exact) mass is 400 g/mol. The SMILES string of the molecule is COc1cc(/C=N\NC(=S)Nc2ccc(C(C)C)cc2)ccc1OCC(N)=O. The molecule has 0 bridgehead atoms. The van der Waals surface area contributed by atoms with Crippen molar-refractivity contribution in [3.8, 4) is 11.5 Å². The normalized spacial score (nSPS) is 10.7. The minimum absolute atomic E-state index is 0.219. The molecule has 0 unspecified atom stereocenters. The molecule has 0 saturated heterocycles. The fourth-order valence-corrected chi connectivity index (χ4v) is 2.48. The standard InChI is InChI=1S/C20H24N4O3S/c1-13(2)15-5-7-16(8-6-15)23-20(28)24-22-11-14-4-9-17(18(10-14)26-3)27-12-19(21)25/h4-11,13H,12H2,1-3H3,(H2,21,25)(H2,23,24,28)/b22-11-. The first-order chi connectivity index (χ1) is 13.4. The Morgan fingerprint density at radius 1 is 1.21 bits per heavy atom. The van der Waals surface area contributed by atoms with E-state index in [0.717, 1.165) is 11.3 Å². The van der Waals surface area contributed by atoms with Crippen molar-refractivity contribution in [3.05, 3.63) is 53.6 Å². The average Bonchev–Trinajstić information content (AvgIpc) is 2.67. The third kappa shape index (κ3) is 6.55. The van der Waals surface area contributed by atoms with Gasteiger partial charge >= 0.3 is 0 Å². The summed E-state index contributed by atoms with van der Waals surface area (Å²) in [6.07, 6.45) is 1.59. The van der Waals surface area contributed by atoms with Crippen LogP contribution >= 0.6 is 12.2 Å². The van der Waals surface area contributed by atoms with E-state index in [4.69, 9.17) is 27.4 Å². The summed E-state index contributed by atoms with van der Waals surface area (Å²) < 4.78 is 10.5. The number of primary amides is 1. The highest BCUT2D eigenvalue weighted by atomic mass is 32.1. The molecule has 0 aromatic heterocycles. The second-order valence-corrected chi connectivity index (χ2v) is 6.67. The summed E-state index contributed by atoms with van der Waals surface area (Å²) in [5.74, 6) is 0.814. The molecule has 0 spiro atoms. The number of nitrogens with one attached hydrogen (secondary N) is 2. The van der Waals surface area contributed by atoms with Crippen LogP contribution in [0.3, 0.4) is 0 Å². The topological polar surface area (TPSA) is 98.0 Å². The van der Waals surface area contributed by atoms with Crippen LogP contribution in [0, 0.1) is 0 Å². The molecule has 0 aliphatic carbocycles. The van der Waals surface area contributed by atoms with E-state index in [-0.39, 0.29) is 6.61 Å². The van der Waals surface area contributed by atoms with Crippen LogP contribution in [-0.2, 0) is 4.79 Å². The van der Waals surface area contributed by atoms with E-state index in [1.54, 1.807) is 24.4 Å². The van der Waals surface area contributed by atoms with Crippen LogP contribution in [0.5, 0.6) is 11.5 Å². The van der Waals surface area contributed by atoms with Gasteiger partial charge in [-0.15, -0.1) is 0 Å². The van der Waals surface area contributed by atoms with Gasteiger partial charge in [0.1, 0.15) is 0 Å². The van der Waals surface area contributed by atoms with Crippen LogP contribution < -0.4 is 25.9 Å². The Morgan fingerprint density at radius 3 is 2.54 bits per heavy atom. The van der Waals surface area contributed by atoms with Gasteiger partial charge in [0.2, 0.25) is 0 Å². The maximum Gasteiger partial charge on any atom is 0.255 e. The molecule has 0 saturated carbocycles. The third-order valence-electron chi connectivity index (χ3n) is 3.77. The zero-order valence-corrected chi connectivity index (χ0v) is 16.9. The smallest absolute Gasteiger partial charge is 0.255 e. The number of carbonyl (C=O) groups is 1. The number of anilines is 1. The Kier molecular flexibility index (Phi) is 7.76. The zero-order valence-electron chi connectivity index (χ0n) is 16.1. The average molecular weight is 401 g/mol. The van der Waals surface area contributed by atoms with E-state index in [9.17, 15) is 4.79 Å². The molecule has 4 N–H and O–H groups in total. The number of hydrogen-bond donors (Lipinski definition) is 3. The first kappa shape index (κ1) is 21.2. The molecule has 28 heavy (non-hydrogen) atoms. The Labute approximate surface area is 169 Å². The maximum absolute atomic E-state index is 10.8. The maximum atomic E-state index is 10.8. The van der Waals surface area contributed by atoms with Crippen molar-refractivity contribution in [1.82, 2.24) is 5.43 Å². The first-order valence-electron chi connectivity index (χ1n) is 8.68. The summed E-state index contributed by atoms with van der Waals surface area (Å²) in [7, 11) is 1.51. The Hall–Kier alpha value is -3.13. The summed E-state index contributed by atoms with van der Waals surface area (Å²) >= 11 is 5.24. The molecule has 2 rings (SSSR count). The largest absolute Gasteiger partial charge is 0.493 e. The lowest BCUT2D eigenvalue weighted by atomic mass is 10.0. The lowest BCUT2D eigenvalue weighted by Gasteiger charge is -2.10. The molecule has 7 nitrogen and oxygen atoms in total. The molecule has 148 valence electrons. The highest BCUT2D eigenvalue weighted by Crippen LogP contribution is 2.27. The number of rotatable bonds is 8. The number of methoxy groups -OCH3 is 1. The van der Waals surface area contributed by atoms with Crippen molar-refractivity contribution in [2.24, 2.45) is 10.8 Å². The van der Waals surface area contributed by atoms with Crippen molar-refractivity contribution in [1.29, 1.82) is 0 Å². The first-order valence-corrected chi connectivity index (χ1v) is 9.09. The molecule has 0 heterocycles. The second-order valence-electron chi connectivity index (χ2n) is 6.27. The van der Waals surface area contributed by atoms with E-state index < -0.39 is 5.91 Å². The molecule has 1 amide bonds. The van der Waals surface area contributed by atoms with E-state index in [0.29, 0.717) is 22.5 Å². The van der Waals surface area contributed by atoms with Crippen molar-refractivity contribution in [3.63, 3.8) is 0 Å². The van der Waals surface area contributed by atoms with Gasteiger partial charge in [-0.2, -0.15) is 5.10 Å².